The van der Waals surface area contributed by atoms with Crippen LogP contribution in [0.25, 0.3) is 0 Å². The summed E-state index contributed by atoms with van der Waals surface area (Å²) in [5.74, 6) is -1.91. The highest BCUT2D eigenvalue weighted by molar-refractivity contribution is 6.01. The molecule has 0 radical (unpaired) electrons. The average molecular weight is 472 g/mol. The van der Waals surface area contributed by atoms with Crippen molar-refractivity contribution in [1.82, 2.24) is 4.90 Å². The van der Waals surface area contributed by atoms with Gasteiger partial charge in [0.25, 0.3) is 5.91 Å². The molecule has 3 rings (SSSR count). The number of methoxy groups -OCH3 is 1. The van der Waals surface area contributed by atoms with Crippen LogP contribution in [0, 0.1) is 16.7 Å². The van der Waals surface area contributed by atoms with Crippen molar-refractivity contribution in [3.8, 4) is 0 Å². The highest BCUT2D eigenvalue weighted by Crippen LogP contribution is 2.62. The third kappa shape index (κ3) is 4.50. The number of fused-ring (bicyclic) bond motifs is 2. The number of esters is 1. The van der Waals surface area contributed by atoms with Gasteiger partial charge in [0.15, 0.2) is 0 Å². The molecule has 5 unspecified atom stereocenters. The summed E-state index contributed by atoms with van der Waals surface area (Å²) < 4.78 is 12.0. The third-order valence-electron chi connectivity index (χ3n) is 7.81. The van der Waals surface area contributed by atoms with E-state index in [1.165, 1.54) is 17.9 Å². The standard InChI is InChI=1S/C27H37NO6/c1-7-8-9-10-11-13-19(29)34-22-21(33-6)18-16-28(17(2)25(31)32)24(30)20(18)27(5)15-12-14-26(3,4)23(22)27/h7-11,13,17,21-23H,12,14-16H2,1-6H3,(H,31,32). The quantitative estimate of drug-likeness (QED) is 0.342. The van der Waals surface area contributed by atoms with Gasteiger partial charge in [-0.15, -0.1) is 0 Å². The van der Waals surface area contributed by atoms with Crippen molar-refractivity contribution in [2.75, 3.05) is 13.7 Å². The van der Waals surface area contributed by atoms with E-state index in [0.717, 1.165) is 24.8 Å². The monoisotopic (exact) mass is 471 g/mol. The van der Waals surface area contributed by atoms with Crippen molar-refractivity contribution in [3.63, 3.8) is 0 Å². The summed E-state index contributed by atoms with van der Waals surface area (Å²) in [5, 5.41) is 9.57. The van der Waals surface area contributed by atoms with Gasteiger partial charge in [0.2, 0.25) is 0 Å². The molecule has 1 aliphatic heterocycles. The molecule has 34 heavy (non-hydrogen) atoms. The van der Waals surface area contributed by atoms with E-state index in [9.17, 15) is 19.5 Å². The van der Waals surface area contributed by atoms with Crippen molar-refractivity contribution in [2.24, 2.45) is 16.7 Å². The van der Waals surface area contributed by atoms with Crippen molar-refractivity contribution < 1.29 is 29.0 Å². The van der Waals surface area contributed by atoms with Gasteiger partial charge in [-0.25, -0.2) is 9.59 Å². The Morgan fingerprint density at radius 3 is 2.44 bits per heavy atom. The van der Waals surface area contributed by atoms with E-state index in [1.54, 1.807) is 19.3 Å². The third-order valence-corrected chi connectivity index (χ3v) is 7.81. The Kier molecular flexibility index (Phi) is 7.56. The SMILES string of the molecule is CC=CC=CC=CC(=O)OC1C(OC)C2=C(C(=O)N(C(C)C(=O)O)C2)C2(C)CCCC(C)(C)C12. The summed E-state index contributed by atoms with van der Waals surface area (Å²) in [4.78, 5) is 39.5. The van der Waals surface area contributed by atoms with Crippen LogP contribution in [0.5, 0.6) is 0 Å². The molecule has 7 heteroatoms. The molecule has 0 saturated heterocycles. The molecule has 3 aliphatic rings. The minimum absolute atomic E-state index is 0.155. The lowest BCUT2D eigenvalue weighted by Gasteiger charge is -2.57. The van der Waals surface area contributed by atoms with Gasteiger partial charge in [0.05, 0.1) is 0 Å². The molecule has 7 nitrogen and oxygen atoms in total. The van der Waals surface area contributed by atoms with E-state index in [2.05, 4.69) is 20.8 Å². The van der Waals surface area contributed by atoms with Gasteiger partial charge in [-0.05, 0) is 37.7 Å². The molecule has 0 bridgehead atoms. The van der Waals surface area contributed by atoms with Gasteiger partial charge in [0.1, 0.15) is 18.2 Å². The van der Waals surface area contributed by atoms with Crippen LogP contribution in [0.15, 0.2) is 47.6 Å². The van der Waals surface area contributed by atoms with Crippen LogP contribution >= 0.6 is 0 Å². The van der Waals surface area contributed by atoms with E-state index in [4.69, 9.17) is 9.47 Å². The molecule has 0 aromatic rings. The fraction of sp³-hybridized carbons (Fsp3) is 0.593. The fourth-order valence-electron chi connectivity index (χ4n) is 6.40. The second-order valence-electron chi connectivity index (χ2n) is 10.4. The first-order chi connectivity index (χ1) is 16.0. The number of nitrogens with zero attached hydrogens (tertiary/aromatic N) is 1. The molecule has 1 amide bonds. The van der Waals surface area contributed by atoms with Crippen LogP contribution in [0.2, 0.25) is 0 Å². The second-order valence-corrected chi connectivity index (χ2v) is 10.4. The number of hydrogen-bond acceptors (Lipinski definition) is 5. The largest absolute Gasteiger partial charge is 0.480 e. The van der Waals surface area contributed by atoms with Crippen LogP contribution in [-0.2, 0) is 23.9 Å². The van der Waals surface area contributed by atoms with Gasteiger partial charge in [0, 0.05) is 36.6 Å². The summed E-state index contributed by atoms with van der Waals surface area (Å²) in [6, 6.07) is -0.956. The molecule has 2 aliphatic carbocycles. The lowest BCUT2D eigenvalue weighted by molar-refractivity contribution is -0.173. The molecular formula is C27H37NO6. The maximum atomic E-state index is 13.6. The zero-order chi connectivity index (χ0) is 25.3. The first-order valence-electron chi connectivity index (χ1n) is 12.0. The highest BCUT2D eigenvalue weighted by atomic mass is 16.6. The lowest BCUT2D eigenvalue weighted by atomic mass is 9.49. The van der Waals surface area contributed by atoms with Crippen molar-refractivity contribution in [3.05, 3.63) is 47.6 Å². The molecule has 186 valence electrons. The molecule has 1 saturated carbocycles. The number of carbonyl (C=O) groups excluding carboxylic acids is 2. The van der Waals surface area contributed by atoms with Crippen LogP contribution in [0.3, 0.4) is 0 Å². The number of carboxylic acids is 1. The van der Waals surface area contributed by atoms with E-state index in [1.807, 2.05) is 25.2 Å². The minimum Gasteiger partial charge on any atom is -0.480 e. The highest BCUT2D eigenvalue weighted by Gasteiger charge is 2.63. The Morgan fingerprint density at radius 2 is 1.82 bits per heavy atom. The number of amides is 1. The molecule has 5 atom stereocenters. The zero-order valence-corrected chi connectivity index (χ0v) is 21.0. The molecule has 0 spiro atoms. The molecule has 0 aromatic heterocycles. The van der Waals surface area contributed by atoms with Crippen LogP contribution in [0.1, 0.15) is 53.9 Å². The summed E-state index contributed by atoms with van der Waals surface area (Å²) in [6.45, 7) is 9.98. The molecule has 1 N–H and O–H groups in total. The topological polar surface area (TPSA) is 93.1 Å². The molecule has 1 heterocycles. The molecule has 1 fully saturated rings. The second kappa shape index (κ2) is 9.90. The smallest absolute Gasteiger partial charge is 0.331 e. The fourth-order valence-corrected chi connectivity index (χ4v) is 6.40. The predicted molar refractivity (Wildman–Crippen MR) is 129 cm³/mol. The summed E-state index contributed by atoms with van der Waals surface area (Å²) in [7, 11) is 1.55. The van der Waals surface area contributed by atoms with Gasteiger partial charge in [-0.2, -0.15) is 0 Å². The number of rotatable bonds is 7. The first-order valence-corrected chi connectivity index (χ1v) is 12.0. The Labute approximate surface area is 202 Å². The maximum absolute atomic E-state index is 13.6. The number of allylic oxidation sites excluding steroid dienone is 5. The Morgan fingerprint density at radius 1 is 1.15 bits per heavy atom. The molecular weight excluding hydrogens is 434 g/mol. The number of aliphatic carboxylic acids is 1. The number of carbonyl (C=O) groups is 3. The van der Waals surface area contributed by atoms with Gasteiger partial charge in [-0.1, -0.05) is 57.6 Å². The molecule has 0 aromatic carbocycles. The number of hydrogen-bond donors (Lipinski definition) is 1. The van der Waals surface area contributed by atoms with Crippen LogP contribution < -0.4 is 0 Å². The lowest BCUT2D eigenvalue weighted by Crippen LogP contribution is -2.58. The zero-order valence-electron chi connectivity index (χ0n) is 21.0. The number of carboxylic acid groups (broad SMARTS) is 1. The van der Waals surface area contributed by atoms with E-state index < -0.39 is 35.6 Å². The van der Waals surface area contributed by atoms with Crippen molar-refractivity contribution in [1.29, 1.82) is 0 Å². The van der Waals surface area contributed by atoms with Crippen LogP contribution in [-0.4, -0.2) is 59.8 Å². The Hall–Kier alpha value is -2.67. The Balaban J connectivity index is 2.03. The maximum Gasteiger partial charge on any atom is 0.331 e. The average Bonchev–Trinajstić information content (AvgIpc) is 3.10. The predicted octanol–water partition coefficient (Wildman–Crippen LogP) is 4.06. The van der Waals surface area contributed by atoms with Gasteiger partial charge < -0.3 is 19.5 Å². The van der Waals surface area contributed by atoms with Crippen LogP contribution in [0.4, 0.5) is 0 Å². The van der Waals surface area contributed by atoms with Crippen molar-refractivity contribution in [2.45, 2.75) is 72.1 Å². The van der Waals surface area contributed by atoms with E-state index >= 15 is 0 Å². The van der Waals surface area contributed by atoms with E-state index in [-0.39, 0.29) is 23.8 Å². The van der Waals surface area contributed by atoms with Crippen molar-refractivity contribution >= 4 is 17.8 Å². The summed E-state index contributed by atoms with van der Waals surface area (Å²) in [5.41, 5.74) is 0.639. The Bertz CT molecular complexity index is 958. The number of ether oxygens (including phenoxy) is 2. The normalized spacial score (nSPS) is 31.9. The van der Waals surface area contributed by atoms with Gasteiger partial charge >= 0.3 is 11.9 Å². The summed E-state index contributed by atoms with van der Waals surface area (Å²) in [6.07, 6.45) is 11.8. The first kappa shape index (κ1) is 25.9. The van der Waals surface area contributed by atoms with E-state index in [0.29, 0.717) is 5.57 Å². The minimum atomic E-state index is -1.05. The summed E-state index contributed by atoms with van der Waals surface area (Å²) >= 11 is 0. The van der Waals surface area contributed by atoms with Gasteiger partial charge in [-0.3, -0.25) is 4.79 Å².